The maximum absolute atomic E-state index is 13.6. The normalized spacial score (nSPS) is 17.2. The third kappa shape index (κ3) is 4.77. The summed E-state index contributed by atoms with van der Waals surface area (Å²) < 4.78 is 52.4. The van der Waals surface area contributed by atoms with E-state index in [1.165, 1.54) is 36.4 Å². The van der Waals surface area contributed by atoms with E-state index in [0.717, 1.165) is 30.5 Å². The molecule has 0 aromatic heterocycles. The van der Waals surface area contributed by atoms with Crippen LogP contribution in [0.25, 0.3) is 0 Å². The molecule has 32 heavy (non-hydrogen) atoms. The fraction of sp³-hybridized carbons (Fsp3) is 0.240. The molecule has 2 unspecified atom stereocenters. The minimum absolute atomic E-state index is 0.101. The third-order valence-corrected chi connectivity index (χ3v) is 5.69. The Morgan fingerprint density at radius 1 is 0.938 bits per heavy atom. The number of rotatable bonds is 5. The maximum atomic E-state index is 13.6. The SMILES string of the molecule is O=C(C(Nc1ccc(F)cc1)c1ccc(C(F)(F)F)cc1)N1CCCC1c1ccccc1. The number of likely N-dealkylation sites (tertiary alicyclic amines) is 1. The van der Waals surface area contributed by atoms with Crippen LogP contribution in [0.1, 0.15) is 41.6 Å². The van der Waals surface area contributed by atoms with Crippen molar-refractivity contribution in [2.45, 2.75) is 31.1 Å². The first-order valence-electron chi connectivity index (χ1n) is 10.4. The van der Waals surface area contributed by atoms with Crippen molar-refractivity contribution >= 4 is 11.6 Å². The fourth-order valence-corrected chi connectivity index (χ4v) is 4.08. The highest BCUT2D eigenvalue weighted by Gasteiger charge is 2.35. The number of nitrogens with one attached hydrogen (secondary N) is 1. The molecule has 0 bridgehead atoms. The predicted octanol–water partition coefficient (Wildman–Crippen LogP) is 6.36. The number of carbonyl (C=O) groups is 1. The van der Waals surface area contributed by atoms with Crippen LogP contribution >= 0.6 is 0 Å². The molecule has 3 aromatic carbocycles. The van der Waals surface area contributed by atoms with Crippen molar-refractivity contribution in [3.8, 4) is 0 Å². The molecule has 1 amide bonds. The third-order valence-electron chi connectivity index (χ3n) is 5.69. The summed E-state index contributed by atoms with van der Waals surface area (Å²) in [4.78, 5) is 15.4. The van der Waals surface area contributed by atoms with E-state index in [1.807, 2.05) is 30.3 Å². The summed E-state index contributed by atoms with van der Waals surface area (Å²) in [6, 6.07) is 18.8. The maximum Gasteiger partial charge on any atom is 0.416 e. The molecule has 1 fully saturated rings. The molecule has 3 nitrogen and oxygen atoms in total. The Balaban J connectivity index is 1.66. The molecular weight excluding hydrogens is 420 g/mol. The van der Waals surface area contributed by atoms with Gasteiger partial charge in [-0.15, -0.1) is 0 Å². The first-order valence-corrected chi connectivity index (χ1v) is 10.4. The lowest BCUT2D eigenvalue weighted by atomic mass is 10.0. The van der Waals surface area contributed by atoms with E-state index in [1.54, 1.807) is 4.90 Å². The van der Waals surface area contributed by atoms with E-state index in [9.17, 15) is 22.4 Å². The second-order valence-electron chi connectivity index (χ2n) is 7.80. The zero-order valence-electron chi connectivity index (χ0n) is 17.1. The van der Waals surface area contributed by atoms with Gasteiger partial charge >= 0.3 is 6.18 Å². The molecule has 2 atom stereocenters. The summed E-state index contributed by atoms with van der Waals surface area (Å²) in [5.74, 6) is -0.655. The van der Waals surface area contributed by atoms with Gasteiger partial charge in [0.05, 0.1) is 11.6 Å². The van der Waals surface area contributed by atoms with Gasteiger partial charge in [0.2, 0.25) is 5.91 Å². The smallest absolute Gasteiger partial charge is 0.370 e. The number of carbonyl (C=O) groups excluding carboxylic acids is 1. The molecule has 4 rings (SSSR count). The largest absolute Gasteiger partial charge is 0.416 e. The topological polar surface area (TPSA) is 32.3 Å². The minimum Gasteiger partial charge on any atom is -0.370 e. The average Bonchev–Trinajstić information content (AvgIpc) is 3.28. The number of anilines is 1. The first kappa shape index (κ1) is 21.9. The number of nitrogens with zero attached hydrogens (tertiary/aromatic N) is 1. The van der Waals surface area contributed by atoms with E-state index in [-0.39, 0.29) is 11.9 Å². The van der Waals surface area contributed by atoms with Gasteiger partial charge in [-0.25, -0.2) is 4.39 Å². The predicted molar refractivity (Wildman–Crippen MR) is 114 cm³/mol. The average molecular weight is 442 g/mol. The number of hydrogen-bond donors (Lipinski definition) is 1. The van der Waals surface area contributed by atoms with Crippen LogP contribution in [0.3, 0.4) is 0 Å². The van der Waals surface area contributed by atoms with Gasteiger partial charge < -0.3 is 10.2 Å². The van der Waals surface area contributed by atoms with Gasteiger partial charge in [0.1, 0.15) is 11.9 Å². The van der Waals surface area contributed by atoms with E-state index >= 15 is 0 Å². The Morgan fingerprint density at radius 2 is 1.59 bits per heavy atom. The lowest BCUT2D eigenvalue weighted by Crippen LogP contribution is -2.37. The Kier molecular flexibility index (Phi) is 6.17. The van der Waals surface area contributed by atoms with Crippen molar-refractivity contribution < 1.29 is 22.4 Å². The standard InChI is InChI=1S/C25H22F4N2O/c26-20-12-14-21(15-13-20)30-23(18-8-10-19(11-9-18)25(27,28)29)24(32)31-16-4-7-22(31)17-5-2-1-3-6-17/h1-3,5-6,8-15,22-23,30H,4,7,16H2. The molecule has 1 N–H and O–H groups in total. The Labute approximate surface area is 183 Å². The molecule has 166 valence electrons. The molecular formula is C25H22F4N2O. The summed E-state index contributed by atoms with van der Waals surface area (Å²) in [5.41, 5.74) is 1.15. The van der Waals surface area contributed by atoms with Crippen LogP contribution in [0.5, 0.6) is 0 Å². The van der Waals surface area contributed by atoms with Crippen molar-refractivity contribution in [3.05, 3.63) is 101 Å². The molecule has 0 aliphatic carbocycles. The van der Waals surface area contributed by atoms with Crippen LogP contribution in [0.2, 0.25) is 0 Å². The van der Waals surface area contributed by atoms with Crippen LogP contribution in [-0.4, -0.2) is 17.4 Å². The quantitative estimate of drug-likeness (QED) is 0.466. The summed E-state index contributed by atoms with van der Waals surface area (Å²) in [7, 11) is 0. The van der Waals surface area contributed by atoms with Crippen LogP contribution in [0.4, 0.5) is 23.2 Å². The molecule has 1 saturated heterocycles. The summed E-state index contributed by atoms with van der Waals surface area (Å²) >= 11 is 0. The number of hydrogen-bond acceptors (Lipinski definition) is 2. The van der Waals surface area contributed by atoms with Crippen molar-refractivity contribution in [2.75, 3.05) is 11.9 Å². The summed E-state index contributed by atoms with van der Waals surface area (Å²) in [6.07, 6.45) is -2.82. The number of alkyl halides is 3. The van der Waals surface area contributed by atoms with Gasteiger partial charge in [-0.2, -0.15) is 13.2 Å². The van der Waals surface area contributed by atoms with Gasteiger partial charge in [0, 0.05) is 12.2 Å². The van der Waals surface area contributed by atoms with Crippen LogP contribution in [0.15, 0.2) is 78.9 Å². The monoisotopic (exact) mass is 442 g/mol. The zero-order valence-corrected chi connectivity index (χ0v) is 17.1. The molecule has 1 heterocycles. The van der Waals surface area contributed by atoms with E-state index in [4.69, 9.17) is 0 Å². The second-order valence-corrected chi connectivity index (χ2v) is 7.80. The van der Waals surface area contributed by atoms with Gasteiger partial charge in [0.15, 0.2) is 0 Å². The molecule has 0 radical (unpaired) electrons. The van der Waals surface area contributed by atoms with Gasteiger partial charge in [0.25, 0.3) is 0 Å². The van der Waals surface area contributed by atoms with E-state index in [2.05, 4.69) is 5.32 Å². The Bertz CT molecular complexity index is 1050. The highest BCUT2D eigenvalue weighted by Crippen LogP contribution is 2.36. The second kappa shape index (κ2) is 9.02. The van der Waals surface area contributed by atoms with Crippen molar-refractivity contribution in [2.24, 2.45) is 0 Å². The van der Waals surface area contributed by atoms with E-state index in [0.29, 0.717) is 17.8 Å². The summed E-state index contributed by atoms with van der Waals surface area (Å²) in [5, 5.41) is 3.09. The molecule has 7 heteroatoms. The molecule has 0 saturated carbocycles. The molecule has 3 aromatic rings. The van der Waals surface area contributed by atoms with Crippen molar-refractivity contribution in [3.63, 3.8) is 0 Å². The Hall–Kier alpha value is -3.35. The number of benzene rings is 3. The van der Waals surface area contributed by atoms with Gasteiger partial charge in [-0.05, 0) is 60.4 Å². The van der Waals surface area contributed by atoms with Crippen LogP contribution < -0.4 is 5.32 Å². The number of amides is 1. The first-order chi connectivity index (χ1) is 15.3. The fourth-order valence-electron chi connectivity index (χ4n) is 4.08. The lowest BCUT2D eigenvalue weighted by Gasteiger charge is -2.30. The van der Waals surface area contributed by atoms with Crippen LogP contribution in [0, 0.1) is 5.82 Å². The molecule has 0 spiro atoms. The zero-order chi connectivity index (χ0) is 22.7. The van der Waals surface area contributed by atoms with Crippen molar-refractivity contribution in [1.29, 1.82) is 0 Å². The minimum atomic E-state index is -4.46. The van der Waals surface area contributed by atoms with Crippen LogP contribution in [-0.2, 0) is 11.0 Å². The number of halogens is 4. The Morgan fingerprint density at radius 3 is 2.22 bits per heavy atom. The summed E-state index contributed by atoms with van der Waals surface area (Å²) in [6.45, 7) is 0.556. The highest BCUT2D eigenvalue weighted by atomic mass is 19.4. The van der Waals surface area contributed by atoms with Gasteiger partial charge in [-0.3, -0.25) is 4.79 Å². The molecule has 1 aliphatic rings. The van der Waals surface area contributed by atoms with Crippen molar-refractivity contribution in [1.82, 2.24) is 4.90 Å². The lowest BCUT2D eigenvalue weighted by molar-refractivity contribution is -0.137. The molecule has 1 aliphatic heterocycles. The van der Waals surface area contributed by atoms with Gasteiger partial charge in [-0.1, -0.05) is 42.5 Å². The highest BCUT2D eigenvalue weighted by molar-refractivity contribution is 5.86. The van der Waals surface area contributed by atoms with E-state index < -0.39 is 23.6 Å².